The lowest BCUT2D eigenvalue weighted by Gasteiger charge is -2.06. The van der Waals surface area contributed by atoms with Gasteiger partial charge in [0.15, 0.2) is 0 Å². The summed E-state index contributed by atoms with van der Waals surface area (Å²) in [5, 5.41) is 0. The van der Waals surface area contributed by atoms with Crippen molar-refractivity contribution in [3.63, 3.8) is 0 Å². The van der Waals surface area contributed by atoms with Gasteiger partial charge in [-0.25, -0.2) is 9.97 Å². The number of nitrogens with two attached hydrogens (primary N) is 1. The Morgan fingerprint density at radius 1 is 1.54 bits per heavy atom. The summed E-state index contributed by atoms with van der Waals surface area (Å²) in [6, 6.07) is 0. The molecule has 1 heterocycles. The molecule has 0 aliphatic rings. The number of halogens is 1. The molecule has 0 saturated heterocycles. The molecule has 0 aliphatic carbocycles. The van der Waals surface area contributed by atoms with E-state index in [4.69, 9.17) is 5.73 Å². The van der Waals surface area contributed by atoms with E-state index in [1.54, 1.807) is 6.20 Å². The molecule has 0 radical (unpaired) electrons. The molecule has 0 unspecified atom stereocenters. The van der Waals surface area contributed by atoms with Crippen molar-refractivity contribution in [1.29, 1.82) is 0 Å². The summed E-state index contributed by atoms with van der Waals surface area (Å²) < 4.78 is 0.947. The maximum Gasteiger partial charge on any atom is 0.131 e. The predicted molar refractivity (Wildman–Crippen MR) is 56.6 cm³/mol. The van der Waals surface area contributed by atoms with Crippen LogP contribution in [-0.2, 0) is 6.42 Å². The molecule has 13 heavy (non-hydrogen) atoms. The minimum absolute atomic E-state index is 0.365. The molecule has 3 nitrogen and oxygen atoms in total. The second kappa shape index (κ2) is 4.67. The lowest BCUT2D eigenvalue weighted by Crippen LogP contribution is -2.08. The van der Waals surface area contributed by atoms with E-state index < -0.39 is 0 Å². The third-order valence-corrected chi connectivity index (χ3v) is 2.40. The molecular weight excluding hydrogens is 230 g/mol. The van der Waals surface area contributed by atoms with Crippen molar-refractivity contribution in [2.45, 2.75) is 26.2 Å². The zero-order chi connectivity index (χ0) is 9.84. The van der Waals surface area contributed by atoms with E-state index in [0.717, 1.165) is 22.4 Å². The van der Waals surface area contributed by atoms with Crippen molar-refractivity contribution >= 4 is 15.9 Å². The monoisotopic (exact) mass is 243 g/mol. The summed E-state index contributed by atoms with van der Waals surface area (Å²) >= 11 is 3.40. The Bertz CT molecular complexity index is 286. The second-order valence-corrected chi connectivity index (χ2v) is 4.07. The van der Waals surface area contributed by atoms with Crippen LogP contribution in [0.3, 0.4) is 0 Å². The number of aromatic nitrogens is 2. The summed E-state index contributed by atoms with van der Waals surface area (Å²) in [6.07, 6.45) is 2.59. The second-order valence-electron chi connectivity index (χ2n) is 3.22. The Morgan fingerprint density at radius 3 is 2.77 bits per heavy atom. The highest BCUT2D eigenvalue weighted by molar-refractivity contribution is 9.10. The van der Waals surface area contributed by atoms with Gasteiger partial charge in [0.2, 0.25) is 0 Å². The van der Waals surface area contributed by atoms with Crippen LogP contribution in [0, 0.1) is 0 Å². The van der Waals surface area contributed by atoms with Crippen molar-refractivity contribution < 1.29 is 0 Å². The van der Waals surface area contributed by atoms with Gasteiger partial charge in [-0.05, 0) is 22.5 Å². The largest absolute Gasteiger partial charge is 0.330 e. The average Bonchev–Trinajstić information content (AvgIpc) is 2.08. The number of hydrogen-bond donors (Lipinski definition) is 1. The van der Waals surface area contributed by atoms with Crippen LogP contribution < -0.4 is 5.73 Å². The van der Waals surface area contributed by atoms with Crippen molar-refractivity contribution in [1.82, 2.24) is 9.97 Å². The van der Waals surface area contributed by atoms with E-state index in [9.17, 15) is 0 Å². The molecule has 1 aromatic heterocycles. The molecule has 0 saturated carbocycles. The lowest BCUT2D eigenvalue weighted by atomic mass is 10.2. The van der Waals surface area contributed by atoms with E-state index in [2.05, 4.69) is 39.7 Å². The maximum atomic E-state index is 5.47. The highest BCUT2D eigenvalue weighted by Crippen LogP contribution is 2.16. The van der Waals surface area contributed by atoms with Crippen LogP contribution in [0.2, 0.25) is 0 Å². The van der Waals surface area contributed by atoms with Gasteiger partial charge in [-0.2, -0.15) is 0 Å². The van der Waals surface area contributed by atoms with Gasteiger partial charge in [0.1, 0.15) is 5.82 Å². The molecule has 0 bridgehead atoms. The Labute approximate surface area is 86.9 Å². The van der Waals surface area contributed by atoms with Crippen LogP contribution in [-0.4, -0.2) is 16.5 Å². The summed E-state index contributed by atoms with van der Waals surface area (Å²) in [4.78, 5) is 8.65. The summed E-state index contributed by atoms with van der Waals surface area (Å²) in [5.74, 6) is 1.25. The standard InChI is InChI=1S/C9H14BrN3/c1-6(2)9-12-5-7(10)8(13-9)3-4-11/h5-6H,3-4,11H2,1-2H3. The van der Waals surface area contributed by atoms with E-state index in [1.807, 2.05) is 0 Å². The molecule has 1 aromatic rings. The summed E-state index contributed by atoms with van der Waals surface area (Å²) in [6.45, 7) is 4.78. The molecule has 72 valence electrons. The fraction of sp³-hybridized carbons (Fsp3) is 0.556. The van der Waals surface area contributed by atoms with Crippen LogP contribution in [0.15, 0.2) is 10.7 Å². The van der Waals surface area contributed by atoms with Crippen LogP contribution in [0.4, 0.5) is 0 Å². The summed E-state index contributed by atoms with van der Waals surface area (Å²) in [5.41, 5.74) is 6.48. The van der Waals surface area contributed by atoms with Gasteiger partial charge in [-0.3, -0.25) is 0 Å². The van der Waals surface area contributed by atoms with Crippen LogP contribution >= 0.6 is 15.9 Å². The molecule has 0 atom stereocenters. The first-order valence-electron chi connectivity index (χ1n) is 4.36. The van der Waals surface area contributed by atoms with Crippen molar-refractivity contribution in [2.75, 3.05) is 6.54 Å². The maximum absolute atomic E-state index is 5.47. The molecule has 0 aliphatic heterocycles. The van der Waals surface area contributed by atoms with Crippen molar-refractivity contribution in [2.24, 2.45) is 5.73 Å². The molecular formula is C9H14BrN3. The molecule has 2 N–H and O–H groups in total. The van der Waals surface area contributed by atoms with Gasteiger partial charge >= 0.3 is 0 Å². The van der Waals surface area contributed by atoms with E-state index in [0.29, 0.717) is 12.5 Å². The molecule has 0 fully saturated rings. The Kier molecular flexibility index (Phi) is 3.81. The number of hydrogen-bond acceptors (Lipinski definition) is 3. The SMILES string of the molecule is CC(C)c1ncc(Br)c(CCN)n1. The molecule has 0 aromatic carbocycles. The third-order valence-electron chi connectivity index (χ3n) is 1.73. The topological polar surface area (TPSA) is 51.8 Å². The Hall–Kier alpha value is -0.480. The minimum atomic E-state index is 0.365. The Balaban J connectivity index is 2.97. The summed E-state index contributed by atoms with van der Waals surface area (Å²) in [7, 11) is 0. The van der Waals surface area contributed by atoms with Gasteiger partial charge < -0.3 is 5.73 Å². The van der Waals surface area contributed by atoms with Crippen LogP contribution in [0.1, 0.15) is 31.3 Å². The zero-order valence-corrected chi connectivity index (χ0v) is 9.50. The molecule has 4 heteroatoms. The van der Waals surface area contributed by atoms with Gasteiger partial charge in [0.05, 0.1) is 10.2 Å². The fourth-order valence-electron chi connectivity index (χ4n) is 1.01. The van der Waals surface area contributed by atoms with Gasteiger partial charge in [-0.15, -0.1) is 0 Å². The van der Waals surface area contributed by atoms with E-state index in [1.165, 1.54) is 0 Å². The number of nitrogens with zero attached hydrogens (tertiary/aromatic N) is 2. The number of rotatable bonds is 3. The molecule has 0 amide bonds. The van der Waals surface area contributed by atoms with E-state index >= 15 is 0 Å². The highest BCUT2D eigenvalue weighted by atomic mass is 79.9. The van der Waals surface area contributed by atoms with Crippen molar-refractivity contribution in [3.8, 4) is 0 Å². The zero-order valence-electron chi connectivity index (χ0n) is 7.92. The van der Waals surface area contributed by atoms with E-state index in [-0.39, 0.29) is 0 Å². The minimum Gasteiger partial charge on any atom is -0.330 e. The first-order valence-corrected chi connectivity index (χ1v) is 5.15. The van der Waals surface area contributed by atoms with Crippen LogP contribution in [0.5, 0.6) is 0 Å². The van der Waals surface area contributed by atoms with Crippen molar-refractivity contribution in [3.05, 3.63) is 22.2 Å². The highest BCUT2D eigenvalue weighted by Gasteiger charge is 2.06. The Morgan fingerprint density at radius 2 is 2.23 bits per heavy atom. The van der Waals surface area contributed by atoms with Crippen LogP contribution in [0.25, 0.3) is 0 Å². The van der Waals surface area contributed by atoms with Gasteiger partial charge in [0.25, 0.3) is 0 Å². The molecule has 1 rings (SSSR count). The predicted octanol–water partition coefficient (Wildman–Crippen LogP) is 1.86. The molecule has 0 spiro atoms. The normalized spacial score (nSPS) is 10.8. The average molecular weight is 244 g/mol. The first kappa shape index (κ1) is 10.6. The quantitative estimate of drug-likeness (QED) is 0.882. The lowest BCUT2D eigenvalue weighted by molar-refractivity contribution is 0.749. The van der Waals surface area contributed by atoms with Gasteiger partial charge in [0, 0.05) is 18.5 Å². The first-order chi connectivity index (χ1) is 6.15. The smallest absolute Gasteiger partial charge is 0.131 e. The fourth-order valence-corrected chi connectivity index (χ4v) is 1.40. The third kappa shape index (κ3) is 2.74. The van der Waals surface area contributed by atoms with Gasteiger partial charge in [-0.1, -0.05) is 13.8 Å².